The van der Waals surface area contributed by atoms with Crippen LogP contribution in [0.3, 0.4) is 0 Å². The highest BCUT2D eigenvalue weighted by Gasteiger charge is 2.31. The van der Waals surface area contributed by atoms with Crippen LogP contribution in [0.25, 0.3) is 10.8 Å². The molecule has 3 rings (SSSR count). The van der Waals surface area contributed by atoms with Crippen molar-refractivity contribution in [2.24, 2.45) is 0 Å². The van der Waals surface area contributed by atoms with Crippen LogP contribution in [-0.4, -0.2) is 54.0 Å². The maximum absolute atomic E-state index is 12.5. The van der Waals surface area contributed by atoms with E-state index in [1.54, 1.807) is 0 Å². The molecule has 1 amide bonds. The van der Waals surface area contributed by atoms with Crippen molar-refractivity contribution < 1.29 is 14.7 Å². The Bertz CT molecular complexity index is 789. The number of nitrogens with one attached hydrogen (secondary N) is 1. The first-order valence-corrected chi connectivity index (χ1v) is 9.15. The molecule has 0 atom stereocenters. The maximum Gasteiger partial charge on any atom is 0.220 e. The van der Waals surface area contributed by atoms with Crippen LogP contribution in [-0.2, 0) is 4.79 Å². The Labute approximate surface area is 154 Å². The van der Waals surface area contributed by atoms with Crippen molar-refractivity contribution in [3.05, 3.63) is 48.0 Å². The lowest BCUT2D eigenvalue weighted by Crippen LogP contribution is -2.50. The van der Waals surface area contributed by atoms with Gasteiger partial charge < -0.3 is 15.3 Å². The second kappa shape index (κ2) is 7.98. The van der Waals surface area contributed by atoms with E-state index in [1.165, 1.54) is 0 Å². The average molecular weight is 354 g/mol. The molecule has 5 heteroatoms. The van der Waals surface area contributed by atoms with Gasteiger partial charge >= 0.3 is 0 Å². The number of piperidine rings is 1. The van der Waals surface area contributed by atoms with E-state index >= 15 is 0 Å². The maximum atomic E-state index is 12.5. The van der Waals surface area contributed by atoms with Crippen molar-refractivity contribution >= 4 is 22.5 Å². The molecule has 0 aromatic heterocycles. The Morgan fingerprint density at radius 2 is 1.77 bits per heavy atom. The number of benzene rings is 2. The van der Waals surface area contributed by atoms with Crippen LogP contribution in [0.1, 0.15) is 36.0 Å². The number of hydrogen-bond acceptors (Lipinski definition) is 4. The van der Waals surface area contributed by atoms with Gasteiger partial charge in [0.2, 0.25) is 5.91 Å². The average Bonchev–Trinajstić information content (AvgIpc) is 2.66. The van der Waals surface area contributed by atoms with Gasteiger partial charge in [-0.25, -0.2) is 0 Å². The van der Waals surface area contributed by atoms with Gasteiger partial charge in [0.05, 0.1) is 5.60 Å². The summed E-state index contributed by atoms with van der Waals surface area (Å²) in [6, 6.07) is 13.4. The van der Waals surface area contributed by atoms with Crippen LogP contribution in [0.15, 0.2) is 42.5 Å². The molecule has 0 radical (unpaired) electrons. The lowest BCUT2D eigenvalue weighted by atomic mass is 9.91. The molecule has 2 aromatic carbocycles. The summed E-state index contributed by atoms with van der Waals surface area (Å²) in [4.78, 5) is 26.8. The summed E-state index contributed by atoms with van der Waals surface area (Å²) in [7, 11) is 2.02. The number of amides is 1. The molecule has 26 heavy (non-hydrogen) atoms. The van der Waals surface area contributed by atoms with E-state index in [-0.39, 0.29) is 31.1 Å². The SMILES string of the molecule is CN1CCC(O)(CNC(=O)CCC(=O)c2cccc3ccccc23)CC1. The Morgan fingerprint density at radius 1 is 1.08 bits per heavy atom. The van der Waals surface area contributed by atoms with Crippen molar-refractivity contribution in [2.45, 2.75) is 31.3 Å². The predicted octanol–water partition coefficient (Wildman–Crippen LogP) is 2.38. The second-order valence-electron chi connectivity index (χ2n) is 7.25. The molecule has 1 heterocycles. The first-order valence-electron chi connectivity index (χ1n) is 9.15. The summed E-state index contributed by atoms with van der Waals surface area (Å²) in [5.41, 5.74) is -0.174. The van der Waals surface area contributed by atoms with E-state index in [0.29, 0.717) is 18.4 Å². The van der Waals surface area contributed by atoms with E-state index in [1.807, 2.05) is 49.5 Å². The minimum absolute atomic E-state index is 0.0325. The van der Waals surface area contributed by atoms with Gasteiger partial charge in [-0.3, -0.25) is 9.59 Å². The largest absolute Gasteiger partial charge is 0.388 e. The van der Waals surface area contributed by atoms with Gasteiger partial charge in [-0.15, -0.1) is 0 Å². The highest BCUT2D eigenvalue weighted by Crippen LogP contribution is 2.21. The number of Topliss-reactive ketones (excluding diaryl/α,β-unsaturated/α-hetero) is 1. The highest BCUT2D eigenvalue weighted by molar-refractivity contribution is 6.08. The number of aliphatic hydroxyl groups is 1. The van der Waals surface area contributed by atoms with Crippen LogP contribution in [0.5, 0.6) is 0 Å². The molecule has 1 aliphatic heterocycles. The predicted molar refractivity (Wildman–Crippen MR) is 102 cm³/mol. The number of likely N-dealkylation sites (tertiary alicyclic amines) is 1. The van der Waals surface area contributed by atoms with Crippen LogP contribution in [0.4, 0.5) is 0 Å². The lowest BCUT2D eigenvalue weighted by molar-refractivity contribution is -0.122. The van der Waals surface area contributed by atoms with Gasteiger partial charge in [0.15, 0.2) is 5.78 Å². The van der Waals surface area contributed by atoms with E-state index < -0.39 is 5.60 Å². The van der Waals surface area contributed by atoms with Crippen molar-refractivity contribution in [3.63, 3.8) is 0 Å². The molecule has 1 fully saturated rings. The number of rotatable bonds is 6. The Kier molecular flexibility index (Phi) is 5.69. The molecule has 0 aliphatic carbocycles. The quantitative estimate of drug-likeness (QED) is 0.782. The normalized spacial score (nSPS) is 17.2. The van der Waals surface area contributed by atoms with Crippen LogP contribution < -0.4 is 5.32 Å². The van der Waals surface area contributed by atoms with Gasteiger partial charge in [-0.2, -0.15) is 0 Å². The minimum atomic E-state index is -0.832. The Morgan fingerprint density at radius 3 is 2.54 bits per heavy atom. The van der Waals surface area contributed by atoms with E-state index in [2.05, 4.69) is 10.2 Å². The molecule has 1 saturated heterocycles. The molecular weight excluding hydrogens is 328 g/mol. The van der Waals surface area contributed by atoms with Gasteiger partial charge in [-0.05, 0) is 30.7 Å². The van der Waals surface area contributed by atoms with Gasteiger partial charge in [0.1, 0.15) is 0 Å². The summed E-state index contributed by atoms with van der Waals surface area (Å²) in [5.74, 6) is -0.221. The fourth-order valence-corrected chi connectivity index (χ4v) is 3.39. The van der Waals surface area contributed by atoms with Gasteiger partial charge in [-0.1, -0.05) is 42.5 Å². The van der Waals surface area contributed by atoms with Crippen LogP contribution in [0, 0.1) is 0 Å². The second-order valence-corrected chi connectivity index (χ2v) is 7.25. The zero-order chi connectivity index (χ0) is 18.6. The van der Waals surface area contributed by atoms with Crippen molar-refractivity contribution in [1.82, 2.24) is 10.2 Å². The first kappa shape index (κ1) is 18.5. The summed E-state index contributed by atoms with van der Waals surface area (Å²) in [5, 5.41) is 15.2. The monoisotopic (exact) mass is 354 g/mol. The molecule has 138 valence electrons. The van der Waals surface area contributed by atoms with Gasteiger partial charge in [0, 0.05) is 38.0 Å². The van der Waals surface area contributed by atoms with Crippen molar-refractivity contribution in [1.29, 1.82) is 0 Å². The summed E-state index contributed by atoms with van der Waals surface area (Å²) in [6.07, 6.45) is 1.61. The third kappa shape index (κ3) is 4.48. The molecular formula is C21H26N2O3. The van der Waals surface area contributed by atoms with Crippen LogP contribution >= 0.6 is 0 Å². The third-order valence-electron chi connectivity index (χ3n) is 5.20. The van der Waals surface area contributed by atoms with Crippen molar-refractivity contribution in [2.75, 3.05) is 26.7 Å². The number of carbonyl (C=O) groups excluding carboxylic acids is 2. The first-order chi connectivity index (χ1) is 12.5. The fraction of sp³-hybridized carbons (Fsp3) is 0.429. The molecule has 1 aliphatic rings. The van der Waals surface area contributed by atoms with E-state index in [0.717, 1.165) is 23.9 Å². The number of fused-ring (bicyclic) bond motifs is 1. The summed E-state index contributed by atoms with van der Waals surface area (Å²) < 4.78 is 0. The Hall–Kier alpha value is -2.24. The molecule has 0 spiro atoms. The van der Waals surface area contributed by atoms with Gasteiger partial charge in [0.25, 0.3) is 0 Å². The molecule has 0 bridgehead atoms. The Balaban J connectivity index is 1.52. The third-order valence-corrected chi connectivity index (χ3v) is 5.20. The van der Waals surface area contributed by atoms with E-state index in [4.69, 9.17) is 0 Å². The number of nitrogens with zero attached hydrogens (tertiary/aromatic N) is 1. The highest BCUT2D eigenvalue weighted by atomic mass is 16.3. The molecule has 2 N–H and O–H groups in total. The zero-order valence-corrected chi connectivity index (χ0v) is 15.2. The van der Waals surface area contributed by atoms with E-state index in [9.17, 15) is 14.7 Å². The summed E-state index contributed by atoms with van der Waals surface area (Å²) in [6.45, 7) is 1.90. The molecule has 2 aromatic rings. The standard InChI is InChI=1S/C21H26N2O3/c1-23-13-11-21(26,12-14-23)15-22-20(25)10-9-19(24)18-8-4-6-16-5-2-3-7-17(16)18/h2-8,26H,9-15H2,1H3,(H,22,25). The zero-order valence-electron chi connectivity index (χ0n) is 15.2. The number of carbonyl (C=O) groups is 2. The number of hydrogen-bond donors (Lipinski definition) is 2. The fourth-order valence-electron chi connectivity index (χ4n) is 3.39. The minimum Gasteiger partial charge on any atom is -0.388 e. The molecule has 0 saturated carbocycles. The topological polar surface area (TPSA) is 69.6 Å². The molecule has 0 unspecified atom stereocenters. The lowest BCUT2D eigenvalue weighted by Gasteiger charge is -2.36. The van der Waals surface area contributed by atoms with Crippen LogP contribution in [0.2, 0.25) is 0 Å². The van der Waals surface area contributed by atoms with Crippen molar-refractivity contribution in [3.8, 4) is 0 Å². The number of ketones is 1. The molecule has 5 nitrogen and oxygen atoms in total. The smallest absolute Gasteiger partial charge is 0.220 e. The summed E-state index contributed by atoms with van der Waals surface area (Å²) >= 11 is 0.